The molecule has 6 heteroatoms. The first-order valence-corrected chi connectivity index (χ1v) is 8.40. The summed E-state index contributed by atoms with van der Waals surface area (Å²) in [5.74, 6) is 0.679. The third-order valence-corrected chi connectivity index (χ3v) is 4.06. The Morgan fingerprint density at radius 2 is 1.96 bits per heavy atom. The van der Waals surface area contributed by atoms with Crippen molar-refractivity contribution in [1.82, 2.24) is 5.43 Å². The van der Waals surface area contributed by atoms with Gasteiger partial charge in [0.2, 0.25) is 0 Å². The molecular formula is C21H19FN2O3. The van der Waals surface area contributed by atoms with E-state index >= 15 is 0 Å². The molecule has 3 rings (SSSR count). The first kappa shape index (κ1) is 18.4. The van der Waals surface area contributed by atoms with Crippen molar-refractivity contribution in [2.24, 2.45) is 5.10 Å². The van der Waals surface area contributed by atoms with Crippen LogP contribution in [0.5, 0.6) is 5.75 Å². The van der Waals surface area contributed by atoms with Gasteiger partial charge in [0.15, 0.2) is 6.61 Å². The summed E-state index contributed by atoms with van der Waals surface area (Å²) in [6, 6.07) is 15.3. The molecule has 0 aliphatic carbocycles. The van der Waals surface area contributed by atoms with Crippen LogP contribution in [0.1, 0.15) is 16.9 Å². The van der Waals surface area contributed by atoms with Crippen LogP contribution in [0.3, 0.4) is 0 Å². The van der Waals surface area contributed by atoms with E-state index in [-0.39, 0.29) is 12.4 Å². The summed E-state index contributed by atoms with van der Waals surface area (Å²) < 4.78 is 24.8. The molecule has 1 heterocycles. The Hall–Kier alpha value is -3.41. The predicted molar refractivity (Wildman–Crippen MR) is 101 cm³/mol. The van der Waals surface area contributed by atoms with Gasteiger partial charge in [0.1, 0.15) is 23.1 Å². The standard InChI is InChI=1S/C21H19FN2O3/c1-14-6-5-9-19(15(14)2)26-13-21(25)24-23-12-16-10-11-20(27-16)17-7-3-4-8-18(17)22/h3-12H,13H2,1-2H3,(H,24,25). The number of carbonyl (C=O) groups excluding carboxylic acids is 1. The lowest BCUT2D eigenvalue weighted by Gasteiger charge is -2.09. The number of benzene rings is 2. The van der Waals surface area contributed by atoms with E-state index < -0.39 is 5.91 Å². The second-order valence-corrected chi connectivity index (χ2v) is 5.96. The van der Waals surface area contributed by atoms with E-state index in [9.17, 15) is 9.18 Å². The van der Waals surface area contributed by atoms with Crippen LogP contribution < -0.4 is 10.2 Å². The van der Waals surface area contributed by atoms with Crippen LogP contribution in [-0.4, -0.2) is 18.7 Å². The molecular weight excluding hydrogens is 347 g/mol. The molecule has 1 amide bonds. The summed E-state index contributed by atoms with van der Waals surface area (Å²) in [6.07, 6.45) is 1.35. The highest BCUT2D eigenvalue weighted by Gasteiger charge is 2.08. The van der Waals surface area contributed by atoms with Crippen LogP contribution in [0.25, 0.3) is 11.3 Å². The van der Waals surface area contributed by atoms with Gasteiger partial charge in [-0.25, -0.2) is 9.82 Å². The van der Waals surface area contributed by atoms with E-state index in [1.165, 1.54) is 12.3 Å². The molecule has 0 fully saturated rings. The highest BCUT2D eigenvalue weighted by atomic mass is 19.1. The monoisotopic (exact) mass is 366 g/mol. The smallest absolute Gasteiger partial charge is 0.277 e. The lowest BCUT2D eigenvalue weighted by Crippen LogP contribution is -2.24. The van der Waals surface area contributed by atoms with Crippen molar-refractivity contribution in [3.63, 3.8) is 0 Å². The van der Waals surface area contributed by atoms with Crippen molar-refractivity contribution in [1.29, 1.82) is 0 Å². The summed E-state index contributed by atoms with van der Waals surface area (Å²) in [4.78, 5) is 11.8. The van der Waals surface area contributed by atoms with E-state index in [1.54, 1.807) is 30.3 Å². The van der Waals surface area contributed by atoms with Crippen molar-refractivity contribution in [2.45, 2.75) is 13.8 Å². The van der Waals surface area contributed by atoms with Gasteiger partial charge in [0.25, 0.3) is 5.91 Å². The molecule has 0 saturated carbocycles. The number of furan rings is 1. The van der Waals surface area contributed by atoms with Crippen LogP contribution >= 0.6 is 0 Å². The molecule has 3 aromatic rings. The second kappa shape index (κ2) is 8.31. The molecule has 0 aliphatic heterocycles. The van der Waals surface area contributed by atoms with Gasteiger partial charge in [0, 0.05) is 0 Å². The van der Waals surface area contributed by atoms with E-state index in [0.717, 1.165) is 11.1 Å². The zero-order valence-corrected chi connectivity index (χ0v) is 15.0. The first-order valence-electron chi connectivity index (χ1n) is 8.40. The van der Waals surface area contributed by atoms with Gasteiger partial charge in [-0.15, -0.1) is 0 Å². The van der Waals surface area contributed by atoms with Crippen molar-refractivity contribution in [3.8, 4) is 17.1 Å². The SMILES string of the molecule is Cc1cccc(OCC(=O)NN=Cc2ccc(-c3ccccc3F)o2)c1C. The van der Waals surface area contributed by atoms with Gasteiger partial charge in [-0.1, -0.05) is 24.3 Å². The maximum absolute atomic E-state index is 13.8. The van der Waals surface area contributed by atoms with Gasteiger partial charge in [-0.05, 0) is 55.3 Å². The van der Waals surface area contributed by atoms with E-state index in [4.69, 9.17) is 9.15 Å². The van der Waals surface area contributed by atoms with E-state index in [2.05, 4.69) is 10.5 Å². The average Bonchev–Trinajstić information content (AvgIpc) is 3.12. The second-order valence-electron chi connectivity index (χ2n) is 5.96. The van der Waals surface area contributed by atoms with Crippen LogP contribution in [0.2, 0.25) is 0 Å². The Balaban J connectivity index is 1.54. The van der Waals surface area contributed by atoms with Gasteiger partial charge in [-0.2, -0.15) is 5.10 Å². The lowest BCUT2D eigenvalue weighted by molar-refractivity contribution is -0.123. The minimum atomic E-state index is -0.395. The number of hydrazone groups is 1. The summed E-state index contributed by atoms with van der Waals surface area (Å²) in [5.41, 5.74) is 4.81. The fraction of sp³-hybridized carbons (Fsp3) is 0.143. The highest BCUT2D eigenvalue weighted by Crippen LogP contribution is 2.24. The molecule has 0 unspecified atom stereocenters. The minimum absolute atomic E-state index is 0.153. The quantitative estimate of drug-likeness (QED) is 0.524. The zero-order chi connectivity index (χ0) is 19.2. The van der Waals surface area contributed by atoms with Crippen LogP contribution in [-0.2, 0) is 4.79 Å². The van der Waals surface area contributed by atoms with Gasteiger partial charge in [0.05, 0.1) is 11.8 Å². The van der Waals surface area contributed by atoms with Gasteiger partial charge < -0.3 is 9.15 Å². The Morgan fingerprint density at radius 1 is 1.15 bits per heavy atom. The summed E-state index contributed by atoms with van der Waals surface area (Å²) in [5, 5.41) is 3.83. The average molecular weight is 366 g/mol. The fourth-order valence-corrected chi connectivity index (χ4v) is 2.45. The minimum Gasteiger partial charge on any atom is -0.483 e. The molecule has 0 spiro atoms. The number of carbonyl (C=O) groups is 1. The van der Waals surface area contributed by atoms with Crippen molar-refractivity contribution < 1.29 is 18.3 Å². The number of nitrogens with zero attached hydrogens (tertiary/aromatic N) is 1. The molecule has 5 nitrogen and oxygen atoms in total. The normalized spacial score (nSPS) is 10.9. The van der Waals surface area contributed by atoms with Crippen molar-refractivity contribution in [2.75, 3.05) is 6.61 Å². The number of aryl methyl sites for hydroxylation is 1. The molecule has 27 heavy (non-hydrogen) atoms. The molecule has 2 aromatic carbocycles. The number of rotatable bonds is 6. The van der Waals surface area contributed by atoms with Gasteiger partial charge >= 0.3 is 0 Å². The van der Waals surface area contributed by atoms with Crippen LogP contribution in [0.15, 0.2) is 64.1 Å². The Kier molecular flexibility index (Phi) is 5.66. The maximum Gasteiger partial charge on any atom is 0.277 e. The molecule has 0 aliphatic rings. The third-order valence-electron chi connectivity index (χ3n) is 4.06. The summed E-state index contributed by atoms with van der Waals surface area (Å²) in [6.45, 7) is 3.76. The molecule has 0 radical (unpaired) electrons. The van der Waals surface area contributed by atoms with E-state index in [1.807, 2.05) is 32.0 Å². The number of halogens is 1. The number of nitrogens with one attached hydrogen (secondary N) is 1. The fourth-order valence-electron chi connectivity index (χ4n) is 2.45. The first-order chi connectivity index (χ1) is 13.0. The molecule has 0 saturated heterocycles. The molecule has 0 atom stereocenters. The van der Waals surface area contributed by atoms with Crippen LogP contribution in [0.4, 0.5) is 4.39 Å². The topological polar surface area (TPSA) is 63.8 Å². The number of hydrogen-bond acceptors (Lipinski definition) is 4. The number of hydrogen-bond donors (Lipinski definition) is 1. The zero-order valence-electron chi connectivity index (χ0n) is 15.0. The molecule has 1 aromatic heterocycles. The summed E-state index contributed by atoms with van der Waals surface area (Å²) >= 11 is 0. The molecule has 138 valence electrons. The lowest BCUT2D eigenvalue weighted by atomic mass is 10.1. The Labute approximate surface area is 156 Å². The van der Waals surface area contributed by atoms with E-state index in [0.29, 0.717) is 22.8 Å². The third kappa shape index (κ3) is 4.61. The Bertz CT molecular complexity index is 979. The summed E-state index contributed by atoms with van der Waals surface area (Å²) in [7, 11) is 0. The van der Waals surface area contributed by atoms with Crippen LogP contribution in [0, 0.1) is 19.7 Å². The van der Waals surface area contributed by atoms with Gasteiger partial charge in [-0.3, -0.25) is 4.79 Å². The Morgan fingerprint density at radius 3 is 2.78 bits per heavy atom. The van der Waals surface area contributed by atoms with Crippen molar-refractivity contribution >= 4 is 12.1 Å². The largest absolute Gasteiger partial charge is 0.483 e. The highest BCUT2D eigenvalue weighted by molar-refractivity contribution is 5.81. The number of amides is 1. The predicted octanol–water partition coefficient (Wildman–Crippen LogP) is 4.23. The van der Waals surface area contributed by atoms with Crippen molar-refractivity contribution in [3.05, 3.63) is 77.3 Å². The molecule has 1 N–H and O–H groups in total. The number of ether oxygens (including phenoxy) is 1. The maximum atomic E-state index is 13.8. The molecule has 0 bridgehead atoms.